The molecule has 2 N–H and O–H groups in total. The molecule has 0 amide bonds. The lowest BCUT2D eigenvalue weighted by atomic mass is 9.86. The molecule has 2 aliphatic heterocycles. The monoisotopic (exact) mass is 297 g/mol. The number of piperidine rings is 1. The highest BCUT2D eigenvalue weighted by atomic mass is 16.4. The van der Waals surface area contributed by atoms with Crippen molar-refractivity contribution in [1.82, 2.24) is 5.43 Å². The van der Waals surface area contributed by atoms with E-state index in [1.54, 1.807) is 12.4 Å². The molecule has 2 heterocycles. The predicted molar refractivity (Wildman–Crippen MR) is 86.8 cm³/mol. The summed E-state index contributed by atoms with van der Waals surface area (Å²) >= 11 is 0. The van der Waals surface area contributed by atoms with E-state index in [0.717, 1.165) is 17.8 Å². The standard InChI is InChI=1S/C17H19N3O2/c21-17(22)13-8-10-20(15-6-2-1-3-7-15)16(11-13)14-5-4-9-18-19-12-14/h1-7,9,12-13,16,18H,8,10-11H2,(H,21,22). The van der Waals surface area contributed by atoms with Crippen molar-refractivity contribution in [2.75, 3.05) is 11.4 Å². The molecular weight excluding hydrogens is 278 g/mol. The highest BCUT2D eigenvalue weighted by molar-refractivity contribution is 5.83. The topological polar surface area (TPSA) is 64.9 Å². The third-order valence-electron chi connectivity index (χ3n) is 4.17. The number of nitrogens with one attached hydrogen (secondary N) is 1. The van der Waals surface area contributed by atoms with E-state index in [2.05, 4.69) is 27.6 Å². The molecule has 1 fully saturated rings. The Labute approximate surface area is 129 Å². The quantitative estimate of drug-likeness (QED) is 0.899. The number of aliphatic carboxylic acids is 1. The minimum absolute atomic E-state index is 0.0190. The van der Waals surface area contributed by atoms with Gasteiger partial charge in [-0.2, -0.15) is 5.10 Å². The number of para-hydroxylation sites is 1. The molecule has 0 aromatic heterocycles. The summed E-state index contributed by atoms with van der Waals surface area (Å²) in [7, 11) is 0. The molecule has 1 aromatic carbocycles. The van der Waals surface area contributed by atoms with E-state index in [1.807, 2.05) is 30.4 Å². The van der Waals surface area contributed by atoms with Gasteiger partial charge in [-0.1, -0.05) is 24.3 Å². The van der Waals surface area contributed by atoms with Crippen LogP contribution in [0.3, 0.4) is 0 Å². The zero-order chi connectivity index (χ0) is 15.4. The molecule has 1 saturated heterocycles. The first-order valence-corrected chi connectivity index (χ1v) is 7.45. The van der Waals surface area contributed by atoms with Crippen LogP contribution < -0.4 is 10.3 Å². The largest absolute Gasteiger partial charge is 0.481 e. The van der Waals surface area contributed by atoms with Gasteiger partial charge in [0.15, 0.2) is 0 Å². The molecule has 114 valence electrons. The number of carboxylic acid groups (broad SMARTS) is 1. The van der Waals surface area contributed by atoms with Crippen molar-refractivity contribution in [3.05, 3.63) is 54.3 Å². The summed E-state index contributed by atoms with van der Waals surface area (Å²) in [6, 6.07) is 10.2. The number of carbonyl (C=O) groups is 1. The lowest BCUT2D eigenvalue weighted by Gasteiger charge is -2.40. The minimum atomic E-state index is -0.711. The number of nitrogens with zero attached hydrogens (tertiary/aromatic N) is 2. The summed E-state index contributed by atoms with van der Waals surface area (Å²) < 4.78 is 0. The third-order valence-corrected chi connectivity index (χ3v) is 4.17. The SMILES string of the molecule is O=C(O)C1CCN(c2ccccc2)C(C2=CC=CNN=C2)C1. The number of benzene rings is 1. The summed E-state index contributed by atoms with van der Waals surface area (Å²) in [5, 5.41) is 13.5. The molecule has 5 nitrogen and oxygen atoms in total. The van der Waals surface area contributed by atoms with E-state index < -0.39 is 5.97 Å². The lowest BCUT2D eigenvalue weighted by Crippen LogP contribution is -2.45. The molecule has 0 radical (unpaired) electrons. The normalized spacial score (nSPS) is 24.4. The first kappa shape index (κ1) is 14.4. The summed E-state index contributed by atoms with van der Waals surface area (Å²) in [5.74, 6) is -1.02. The fourth-order valence-corrected chi connectivity index (χ4v) is 3.03. The van der Waals surface area contributed by atoms with E-state index in [4.69, 9.17) is 0 Å². The van der Waals surface area contributed by atoms with Crippen LogP contribution in [0.15, 0.2) is 59.4 Å². The number of hydrogen-bond acceptors (Lipinski definition) is 4. The molecule has 0 spiro atoms. The Morgan fingerprint density at radius 3 is 2.91 bits per heavy atom. The first-order chi connectivity index (χ1) is 10.8. The van der Waals surface area contributed by atoms with E-state index in [-0.39, 0.29) is 12.0 Å². The fourth-order valence-electron chi connectivity index (χ4n) is 3.03. The van der Waals surface area contributed by atoms with Crippen molar-refractivity contribution in [3.8, 4) is 0 Å². The van der Waals surface area contributed by atoms with Crippen LogP contribution >= 0.6 is 0 Å². The molecule has 22 heavy (non-hydrogen) atoms. The molecule has 2 aliphatic rings. The van der Waals surface area contributed by atoms with Crippen LogP contribution in [0, 0.1) is 5.92 Å². The molecule has 2 atom stereocenters. The number of hydrogen-bond donors (Lipinski definition) is 2. The van der Waals surface area contributed by atoms with Crippen LogP contribution in [0.5, 0.6) is 0 Å². The van der Waals surface area contributed by atoms with Gasteiger partial charge in [0.05, 0.1) is 18.2 Å². The van der Waals surface area contributed by atoms with Crippen LogP contribution in [-0.4, -0.2) is 29.9 Å². The fraction of sp³-hybridized carbons (Fsp3) is 0.294. The molecule has 1 aromatic rings. The second-order valence-corrected chi connectivity index (χ2v) is 5.52. The molecule has 0 bridgehead atoms. The highest BCUT2D eigenvalue weighted by Crippen LogP contribution is 2.31. The summed E-state index contributed by atoms with van der Waals surface area (Å²) in [6.45, 7) is 0.730. The highest BCUT2D eigenvalue weighted by Gasteiger charge is 2.33. The number of allylic oxidation sites excluding steroid dienone is 2. The van der Waals surface area contributed by atoms with Crippen LogP contribution in [-0.2, 0) is 4.79 Å². The van der Waals surface area contributed by atoms with Crippen molar-refractivity contribution in [3.63, 3.8) is 0 Å². The van der Waals surface area contributed by atoms with E-state index in [0.29, 0.717) is 12.8 Å². The van der Waals surface area contributed by atoms with Crippen molar-refractivity contribution in [2.45, 2.75) is 18.9 Å². The maximum absolute atomic E-state index is 11.4. The van der Waals surface area contributed by atoms with E-state index >= 15 is 0 Å². The Balaban J connectivity index is 1.92. The molecule has 0 saturated carbocycles. The smallest absolute Gasteiger partial charge is 0.306 e. The molecule has 0 aliphatic carbocycles. The van der Waals surface area contributed by atoms with Gasteiger partial charge in [-0.25, -0.2) is 0 Å². The summed E-state index contributed by atoms with van der Waals surface area (Å²) in [4.78, 5) is 13.7. The Hall–Kier alpha value is -2.56. The predicted octanol–water partition coefficient (Wildman–Crippen LogP) is 2.39. The van der Waals surface area contributed by atoms with Crippen LogP contribution in [0.25, 0.3) is 0 Å². The van der Waals surface area contributed by atoms with Crippen molar-refractivity contribution < 1.29 is 9.90 Å². The van der Waals surface area contributed by atoms with Gasteiger partial charge in [-0.3, -0.25) is 10.2 Å². The van der Waals surface area contributed by atoms with Gasteiger partial charge >= 0.3 is 5.97 Å². The molecule has 5 heteroatoms. The van der Waals surface area contributed by atoms with Gasteiger partial charge in [0, 0.05) is 18.4 Å². The second-order valence-electron chi connectivity index (χ2n) is 5.52. The Bertz CT molecular complexity index is 622. The number of hydrazone groups is 1. The number of carboxylic acids is 1. The van der Waals surface area contributed by atoms with E-state index in [1.165, 1.54) is 0 Å². The minimum Gasteiger partial charge on any atom is -0.481 e. The summed E-state index contributed by atoms with van der Waals surface area (Å²) in [6.07, 6.45) is 8.69. The van der Waals surface area contributed by atoms with Gasteiger partial charge in [0.2, 0.25) is 0 Å². The van der Waals surface area contributed by atoms with Gasteiger partial charge < -0.3 is 10.0 Å². The summed E-state index contributed by atoms with van der Waals surface area (Å²) in [5.41, 5.74) is 4.95. The van der Waals surface area contributed by atoms with Gasteiger partial charge in [0.1, 0.15) is 0 Å². The lowest BCUT2D eigenvalue weighted by molar-refractivity contribution is -0.142. The first-order valence-electron chi connectivity index (χ1n) is 7.45. The average molecular weight is 297 g/mol. The number of anilines is 1. The molecular formula is C17H19N3O2. The van der Waals surface area contributed by atoms with Crippen LogP contribution in [0.1, 0.15) is 12.8 Å². The average Bonchev–Trinajstić information content (AvgIpc) is 2.84. The Kier molecular flexibility index (Phi) is 4.23. The van der Waals surface area contributed by atoms with Gasteiger partial charge in [0.25, 0.3) is 0 Å². The van der Waals surface area contributed by atoms with Crippen molar-refractivity contribution in [2.24, 2.45) is 11.0 Å². The Morgan fingerprint density at radius 1 is 1.32 bits per heavy atom. The second kappa shape index (κ2) is 6.47. The maximum atomic E-state index is 11.4. The number of rotatable bonds is 3. The third kappa shape index (κ3) is 3.03. The molecule has 2 unspecified atom stereocenters. The van der Waals surface area contributed by atoms with E-state index in [9.17, 15) is 9.90 Å². The van der Waals surface area contributed by atoms with Crippen molar-refractivity contribution >= 4 is 17.9 Å². The van der Waals surface area contributed by atoms with Crippen LogP contribution in [0.2, 0.25) is 0 Å². The van der Waals surface area contributed by atoms with Gasteiger partial charge in [-0.15, -0.1) is 0 Å². The maximum Gasteiger partial charge on any atom is 0.306 e. The molecule has 3 rings (SSSR count). The van der Waals surface area contributed by atoms with Gasteiger partial charge in [-0.05, 0) is 36.6 Å². The zero-order valence-corrected chi connectivity index (χ0v) is 12.2. The Morgan fingerprint density at radius 2 is 2.14 bits per heavy atom. The zero-order valence-electron chi connectivity index (χ0n) is 12.2. The van der Waals surface area contributed by atoms with Crippen LogP contribution in [0.4, 0.5) is 5.69 Å². The van der Waals surface area contributed by atoms with Crippen molar-refractivity contribution in [1.29, 1.82) is 0 Å².